The number of para-hydroxylation sites is 1. The van der Waals surface area contributed by atoms with Crippen LogP contribution in [0.2, 0.25) is 0 Å². The summed E-state index contributed by atoms with van der Waals surface area (Å²) >= 11 is 0. The van der Waals surface area contributed by atoms with Gasteiger partial charge < -0.3 is 10.2 Å². The fraction of sp³-hybridized carbons (Fsp3) is 0.143. The minimum absolute atomic E-state index is 0.353. The van der Waals surface area contributed by atoms with Gasteiger partial charge in [0.25, 0.3) is 0 Å². The summed E-state index contributed by atoms with van der Waals surface area (Å²) in [6, 6.07) is 13.1. The molecular weight excluding hydrogens is 240 g/mol. The van der Waals surface area contributed by atoms with Crippen LogP contribution in [0.3, 0.4) is 0 Å². The molecule has 0 aliphatic rings. The van der Waals surface area contributed by atoms with Crippen molar-refractivity contribution < 1.29 is 4.74 Å². The quantitative estimate of drug-likeness (QED) is 0.646. The van der Waals surface area contributed by atoms with E-state index in [1.807, 2.05) is 37.3 Å². The standard InChI is InChI=1S/C14H14N4O/c1-2-19-13-6-4-3-5-11(13)12-8-7-10(9-15)14(17-12)18-16/h3-8H,2,16H2,1H3,(H,17,18). The first kappa shape index (κ1) is 12.9. The molecule has 0 saturated heterocycles. The summed E-state index contributed by atoms with van der Waals surface area (Å²) in [6.07, 6.45) is 0. The van der Waals surface area contributed by atoms with Gasteiger partial charge in [0, 0.05) is 5.56 Å². The number of nitrogens with two attached hydrogens (primary N) is 1. The Morgan fingerprint density at radius 2 is 2.11 bits per heavy atom. The highest BCUT2D eigenvalue weighted by atomic mass is 16.5. The summed E-state index contributed by atoms with van der Waals surface area (Å²) in [6.45, 7) is 2.51. The van der Waals surface area contributed by atoms with Crippen LogP contribution in [0.4, 0.5) is 5.82 Å². The van der Waals surface area contributed by atoms with E-state index in [1.54, 1.807) is 12.1 Å². The number of benzene rings is 1. The topological polar surface area (TPSA) is 84.0 Å². The van der Waals surface area contributed by atoms with E-state index in [0.29, 0.717) is 23.7 Å². The Balaban J connectivity index is 2.51. The lowest BCUT2D eigenvalue weighted by Crippen LogP contribution is -2.10. The highest BCUT2D eigenvalue weighted by Gasteiger charge is 2.10. The van der Waals surface area contributed by atoms with E-state index in [2.05, 4.69) is 10.4 Å². The van der Waals surface area contributed by atoms with Gasteiger partial charge in [0.1, 0.15) is 11.8 Å². The molecule has 3 N–H and O–H groups in total. The highest BCUT2D eigenvalue weighted by molar-refractivity contribution is 5.70. The van der Waals surface area contributed by atoms with Crippen molar-refractivity contribution in [2.45, 2.75) is 6.92 Å². The molecule has 0 radical (unpaired) electrons. The molecule has 1 heterocycles. The Morgan fingerprint density at radius 1 is 1.32 bits per heavy atom. The number of ether oxygens (including phenoxy) is 1. The van der Waals surface area contributed by atoms with Crippen LogP contribution in [0.15, 0.2) is 36.4 Å². The molecule has 2 rings (SSSR count). The van der Waals surface area contributed by atoms with Crippen molar-refractivity contribution in [2.24, 2.45) is 5.84 Å². The van der Waals surface area contributed by atoms with Crippen LogP contribution in [0.5, 0.6) is 5.75 Å². The summed E-state index contributed by atoms with van der Waals surface area (Å²) in [5.74, 6) is 6.48. The van der Waals surface area contributed by atoms with Crippen LogP contribution < -0.4 is 16.0 Å². The lowest BCUT2D eigenvalue weighted by molar-refractivity contribution is 0.341. The molecule has 5 nitrogen and oxygen atoms in total. The average Bonchev–Trinajstić information content (AvgIpc) is 2.47. The van der Waals surface area contributed by atoms with Crippen LogP contribution in [0.25, 0.3) is 11.3 Å². The van der Waals surface area contributed by atoms with Gasteiger partial charge in [0.2, 0.25) is 0 Å². The molecule has 19 heavy (non-hydrogen) atoms. The van der Waals surface area contributed by atoms with E-state index < -0.39 is 0 Å². The number of aromatic nitrogens is 1. The smallest absolute Gasteiger partial charge is 0.158 e. The molecule has 2 aromatic rings. The number of nitrogen functional groups attached to an aromatic ring is 1. The monoisotopic (exact) mass is 254 g/mol. The van der Waals surface area contributed by atoms with Crippen molar-refractivity contribution in [3.05, 3.63) is 42.0 Å². The Kier molecular flexibility index (Phi) is 3.96. The van der Waals surface area contributed by atoms with Crippen molar-refractivity contribution >= 4 is 5.82 Å². The molecule has 0 fully saturated rings. The number of nitrogens with one attached hydrogen (secondary N) is 1. The second-order valence-corrected chi connectivity index (χ2v) is 3.78. The van der Waals surface area contributed by atoms with Crippen molar-refractivity contribution in [3.8, 4) is 23.1 Å². The van der Waals surface area contributed by atoms with Gasteiger partial charge >= 0.3 is 0 Å². The third-order valence-corrected chi connectivity index (χ3v) is 2.62. The van der Waals surface area contributed by atoms with Crippen molar-refractivity contribution in [3.63, 3.8) is 0 Å². The Labute approximate surface area is 111 Å². The number of hydrazine groups is 1. The highest BCUT2D eigenvalue weighted by Crippen LogP contribution is 2.29. The maximum atomic E-state index is 8.94. The number of rotatable bonds is 4. The van der Waals surface area contributed by atoms with Crippen molar-refractivity contribution in [1.82, 2.24) is 4.98 Å². The van der Waals surface area contributed by atoms with E-state index in [1.165, 1.54) is 0 Å². The number of hydrogen-bond acceptors (Lipinski definition) is 5. The number of hydrogen-bond donors (Lipinski definition) is 2. The first-order valence-electron chi connectivity index (χ1n) is 5.90. The Hall–Kier alpha value is -2.58. The van der Waals surface area contributed by atoms with Crippen LogP contribution in [0.1, 0.15) is 12.5 Å². The fourth-order valence-corrected chi connectivity index (χ4v) is 1.77. The van der Waals surface area contributed by atoms with Crippen LogP contribution >= 0.6 is 0 Å². The zero-order valence-corrected chi connectivity index (χ0v) is 10.6. The maximum Gasteiger partial charge on any atom is 0.158 e. The SMILES string of the molecule is CCOc1ccccc1-c1ccc(C#N)c(NN)n1. The van der Waals surface area contributed by atoms with Crippen LogP contribution in [-0.2, 0) is 0 Å². The molecule has 0 saturated carbocycles. The lowest BCUT2D eigenvalue weighted by Gasteiger charge is -2.10. The fourth-order valence-electron chi connectivity index (χ4n) is 1.77. The van der Waals surface area contributed by atoms with E-state index in [0.717, 1.165) is 11.3 Å². The predicted octanol–water partition coefficient (Wildman–Crippen LogP) is 2.30. The molecule has 96 valence electrons. The predicted molar refractivity (Wildman–Crippen MR) is 73.4 cm³/mol. The zero-order valence-electron chi connectivity index (χ0n) is 10.6. The molecule has 0 spiro atoms. The van der Waals surface area contributed by atoms with Gasteiger partial charge in [0.05, 0.1) is 17.9 Å². The van der Waals surface area contributed by atoms with Gasteiger partial charge in [-0.05, 0) is 31.2 Å². The number of nitriles is 1. The van der Waals surface area contributed by atoms with Gasteiger partial charge in [-0.15, -0.1) is 0 Å². The third kappa shape index (κ3) is 2.64. The lowest BCUT2D eigenvalue weighted by atomic mass is 10.1. The summed E-state index contributed by atoms with van der Waals surface area (Å²) in [5.41, 5.74) is 4.41. The van der Waals surface area contributed by atoms with E-state index in [-0.39, 0.29) is 0 Å². The largest absolute Gasteiger partial charge is 0.493 e. The zero-order chi connectivity index (χ0) is 13.7. The molecule has 0 aliphatic heterocycles. The molecule has 0 bridgehead atoms. The molecule has 0 aliphatic carbocycles. The third-order valence-electron chi connectivity index (χ3n) is 2.62. The molecular formula is C14H14N4O. The van der Waals surface area contributed by atoms with Gasteiger partial charge in [-0.2, -0.15) is 5.26 Å². The summed E-state index contributed by atoms with van der Waals surface area (Å²) in [5, 5.41) is 8.94. The van der Waals surface area contributed by atoms with Gasteiger partial charge in [-0.3, -0.25) is 0 Å². The Bertz CT molecular complexity index is 619. The number of pyridine rings is 1. The molecule has 1 aromatic carbocycles. The van der Waals surface area contributed by atoms with Crippen LogP contribution in [0, 0.1) is 11.3 Å². The number of anilines is 1. The summed E-state index contributed by atoms with van der Waals surface area (Å²) in [4.78, 5) is 4.34. The van der Waals surface area contributed by atoms with Gasteiger partial charge in [-0.1, -0.05) is 12.1 Å². The second-order valence-electron chi connectivity index (χ2n) is 3.78. The normalized spacial score (nSPS) is 9.74. The Morgan fingerprint density at radius 3 is 2.79 bits per heavy atom. The molecule has 1 aromatic heterocycles. The molecule has 0 unspecified atom stereocenters. The van der Waals surface area contributed by atoms with E-state index in [4.69, 9.17) is 15.8 Å². The van der Waals surface area contributed by atoms with Crippen LogP contribution in [-0.4, -0.2) is 11.6 Å². The molecule has 0 atom stereocenters. The average molecular weight is 254 g/mol. The second kappa shape index (κ2) is 5.85. The first-order valence-corrected chi connectivity index (χ1v) is 5.90. The van der Waals surface area contributed by atoms with E-state index in [9.17, 15) is 0 Å². The maximum absolute atomic E-state index is 8.94. The van der Waals surface area contributed by atoms with Crippen molar-refractivity contribution in [1.29, 1.82) is 5.26 Å². The van der Waals surface area contributed by atoms with Gasteiger partial charge in [-0.25, -0.2) is 10.8 Å². The summed E-state index contributed by atoms with van der Waals surface area (Å²) < 4.78 is 5.56. The van der Waals surface area contributed by atoms with E-state index >= 15 is 0 Å². The number of nitrogens with zero attached hydrogens (tertiary/aromatic N) is 2. The molecule has 0 amide bonds. The first-order chi connectivity index (χ1) is 9.30. The van der Waals surface area contributed by atoms with Gasteiger partial charge in [0.15, 0.2) is 5.82 Å². The van der Waals surface area contributed by atoms with Crippen molar-refractivity contribution in [2.75, 3.05) is 12.0 Å². The minimum atomic E-state index is 0.353. The molecule has 5 heteroatoms. The minimum Gasteiger partial charge on any atom is -0.493 e. The summed E-state index contributed by atoms with van der Waals surface area (Å²) in [7, 11) is 0.